The molecule has 0 spiro atoms. The number of rotatable bonds is 6. The lowest BCUT2D eigenvalue weighted by Crippen LogP contribution is -2.33. The summed E-state index contributed by atoms with van der Waals surface area (Å²) in [5.74, 6) is 0.520. The highest BCUT2D eigenvalue weighted by Gasteiger charge is 2.42. The van der Waals surface area contributed by atoms with Crippen molar-refractivity contribution in [3.8, 4) is 0 Å². The number of hydrogen-bond donors (Lipinski definition) is 1. The Kier molecular flexibility index (Phi) is 7.19. The van der Waals surface area contributed by atoms with Gasteiger partial charge in [-0.25, -0.2) is 4.39 Å². The number of hydrogen-bond acceptors (Lipinski definition) is 4. The van der Waals surface area contributed by atoms with E-state index in [4.69, 9.17) is 15.2 Å². The first-order valence-electron chi connectivity index (χ1n) is 8.50. The number of fused-ring (bicyclic) bond motifs is 1. The van der Waals surface area contributed by atoms with Crippen molar-refractivity contribution in [2.45, 2.75) is 25.5 Å². The smallest absolute Gasteiger partial charge is 0.253 e. The van der Waals surface area contributed by atoms with E-state index >= 15 is 0 Å². The van der Waals surface area contributed by atoms with Gasteiger partial charge in [-0.3, -0.25) is 4.79 Å². The van der Waals surface area contributed by atoms with Crippen LogP contribution in [0.4, 0.5) is 4.39 Å². The van der Waals surface area contributed by atoms with Gasteiger partial charge in [-0.05, 0) is 42.9 Å². The van der Waals surface area contributed by atoms with Crippen molar-refractivity contribution in [1.29, 1.82) is 0 Å². The maximum Gasteiger partial charge on any atom is 0.253 e. The molecule has 3 unspecified atom stereocenters. The minimum absolute atomic E-state index is 0. The zero-order chi connectivity index (χ0) is 17.1. The molecule has 140 valence electrons. The Morgan fingerprint density at radius 2 is 2.12 bits per heavy atom. The van der Waals surface area contributed by atoms with Crippen LogP contribution in [0.5, 0.6) is 0 Å². The van der Waals surface area contributed by atoms with E-state index in [-0.39, 0.29) is 36.8 Å². The molecule has 25 heavy (non-hydrogen) atoms. The van der Waals surface area contributed by atoms with Crippen LogP contribution in [0.2, 0.25) is 0 Å². The van der Waals surface area contributed by atoms with Gasteiger partial charge in [-0.15, -0.1) is 12.4 Å². The zero-order valence-corrected chi connectivity index (χ0v) is 15.3. The number of benzene rings is 1. The number of amides is 1. The molecule has 1 aliphatic heterocycles. The molecule has 1 saturated heterocycles. The maximum atomic E-state index is 13.9. The van der Waals surface area contributed by atoms with Gasteiger partial charge in [-0.1, -0.05) is 0 Å². The van der Waals surface area contributed by atoms with Crippen LogP contribution < -0.4 is 5.73 Å². The molecular formula is C18H26ClFN2O3. The van der Waals surface area contributed by atoms with Crippen LogP contribution in [-0.4, -0.2) is 50.3 Å². The normalized spacial score (nSPS) is 24.9. The molecule has 2 N–H and O–H groups in total. The molecule has 0 aromatic heterocycles. The van der Waals surface area contributed by atoms with Gasteiger partial charge in [0.25, 0.3) is 5.91 Å². The second-order valence-electron chi connectivity index (χ2n) is 6.73. The standard InChI is InChI=1S/C18H25FN2O3.ClH/c1-23-6-7-24-11-14-8-12(2-4-16(14)19)18(22)21-9-13-3-5-17(20)15(13)10-21;/h2,4,8,13,15,17H,3,5-7,9-11,20H2,1H3;1H. The lowest BCUT2D eigenvalue weighted by atomic mass is 9.98. The van der Waals surface area contributed by atoms with Crippen LogP contribution in [0.1, 0.15) is 28.8 Å². The quantitative estimate of drug-likeness (QED) is 0.778. The van der Waals surface area contributed by atoms with Crippen molar-refractivity contribution < 1.29 is 18.7 Å². The lowest BCUT2D eigenvalue weighted by molar-refractivity contribution is 0.0603. The number of ether oxygens (including phenoxy) is 2. The summed E-state index contributed by atoms with van der Waals surface area (Å²) >= 11 is 0. The summed E-state index contributed by atoms with van der Waals surface area (Å²) in [6, 6.07) is 4.68. The van der Waals surface area contributed by atoms with Crippen LogP contribution in [0, 0.1) is 17.7 Å². The molecule has 7 heteroatoms. The minimum Gasteiger partial charge on any atom is -0.382 e. The Balaban J connectivity index is 0.00000225. The number of nitrogens with two attached hydrogens (primary N) is 1. The van der Waals surface area contributed by atoms with Crippen LogP contribution in [0.3, 0.4) is 0 Å². The van der Waals surface area contributed by atoms with Crippen LogP contribution in [-0.2, 0) is 16.1 Å². The highest BCUT2D eigenvalue weighted by molar-refractivity contribution is 5.94. The Labute approximate surface area is 154 Å². The van der Waals surface area contributed by atoms with Gasteiger partial charge in [-0.2, -0.15) is 0 Å². The van der Waals surface area contributed by atoms with Gasteiger partial charge < -0.3 is 20.1 Å². The lowest BCUT2D eigenvalue weighted by Gasteiger charge is -2.19. The minimum atomic E-state index is -0.357. The van der Waals surface area contributed by atoms with Gasteiger partial charge in [0.15, 0.2) is 0 Å². The highest BCUT2D eigenvalue weighted by atomic mass is 35.5. The molecule has 5 nitrogen and oxygen atoms in total. The Hall–Kier alpha value is -1.21. The van der Waals surface area contributed by atoms with E-state index in [2.05, 4.69) is 0 Å². The molecule has 2 aliphatic rings. The van der Waals surface area contributed by atoms with Crippen molar-refractivity contribution in [2.24, 2.45) is 17.6 Å². The summed E-state index contributed by atoms with van der Waals surface area (Å²) in [5, 5.41) is 0. The average Bonchev–Trinajstić information content (AvgIpc) is 3.15. The van der Waals surface area contributed by atoms with E-state index in [1.165, 1.54) is 6.07 Å². The summed E-state index contributed by atoms with van der Waals surface area (Å²) in [5.41, 5.74) is 7.04. The fourth-order valence-corrected chi connectivity index (χ4v) is 3.80. The fraction of sp³-hybridized carbons (Fsp3) is 0.611. The Morgan fingerprint density at radius 1 is 1.32 bits per heavy atom. The van der Waals surface area contributed by atoms with Crippen molar-refractivity contribution in [2.75, 3.05) is 33.4 Å². The third-order valence-corrected chi connectivity index (χ3v) is 5.18. The molecule has 2 fully saturated rings. The van der Waals surface area contributed by atoms with Crippen LogP contribution in [0.15, 0.2) is 18.2 Å². The maximum absolute atomic E-state index is 13.9. The largest absolute Gasteiger partial charge is 0.382 e. The van der Waals surface area contributed by atoms with Gasteiger partial charge in [0.2, 0.25) is 0 Å². The number of halogens is 2. The van der Waals surface area contributed by atoms with E-state index in [1.807, 2.05) is 4.90 Å². The van der Waals surface area contributed by atoms with Crippen LogP contribution >= 0.6 is 12.4 Å². The fourth-order valence-electron chi connectivity index (χ4n) is 3.80. The summed E-state index contributed by atoms with van der Waals surface area (Å²) in [6.07, 6.45) is 2.15. The monoisotopic (exact) mass is 372 g/mol. The Morgan fingerprint density at radius 3 is 2.84 bits per heavy atom. The first-order chi connectivity index (χ1) is 11.6. The second-order valence-corrected chi connectivity index (χ2v) is 6.73. The SMILES string of the molecule is COCCOCc1cc(C(=O)N2CC3CCC(N)C3C2)ccc1F.Cl. The van der Waals surface area contributed by atoms with Crippen molar-refractivity contribution in [3.63, 3.8) is 0 Å². The second kappa shape index (κ2) is 8.94. The number of likely N-dealkylation sites (tertiary alicyclic amines) is 1. The number of nitrogens with zero attached hydrogens (tertiary/aromatic N) is 1. The molecule has 1 heterocycles. The number of carbonyl (C=O) groups is 1. The zero-order valence-electron chi connectivity index (χ0n) is 14.4. The number of carbonyl (C=O) groups excluding carboxylic acids is 1. The highest BCUT2D eigenvalue weighted by Crippen LogP contribution is 2.37. The molecular weight excluding hydrogens is 347 g/mol. The van der Waals surface area contributed by atoms with Gasteiger partial charge in [0.05, 0.1) is 19.8 Å². The molecule has 3 rings (SSSR count). The molecule has 1 aromatic rings. The third kappa shape index (κ3) is 4.50. The van der Waals surface area contributed by atoms with Crippen LogP contribution in [0.25, 0.3) is 0 Å². The van der Waals surface area contributed by atoms with E-state index in [0.29, 0.717) is 42.7 Å². The van der Waals surface area contributed by atoms with Gasteiger partial charge in [0, 0.05) is 37.4 Å². The Bertz CT molecular complexity index is 602. The van der Waals surface area contributed by atoms with Gasteiger partial charge in [0.1, 0.15) is 5.82 Å². The first-order valence-corrected chi connectivity index (χ1v) is 8.50. The molecule has 1 aliphatic carbocycles. The third-order valence-electron chi connectivity index (χ3n) is 5.18. The van der Waals surface area contributed by atoms with E-state index in [1.54, 1.807) is 19.2 Å². The number of methoxy groups -OCH3 is 1. The molecule has 3 atom stereocenters. The van der Waals surface area contributed by atoms with E-state index in [0.717, 1.165) is 19.4 Å². The predicted octanol–water partition coefficient (Wildman–Crippen LogP) is 2.22. The molecule has 0 bridgehead atoms. The van der Waals surface area contributed by atoms with Crippen molar-refractivity contribution >= 4 is 18.3 Å². The predicted molar refractivity (Wildman–Crippen MR) is 95.3 cm³/mol. The van der Waals surface area contributed by atoms with Gasteiger partial charge >= 0.3 is 0 Å². The summed E-state index contributed by atoms with van der Waals surface area (Å²) in [6.45, 7) is 2.45. The first kappa shape index (κ1) is 20.1. The molecule has 1 aromatic carbocycles. The van der Waals surface area contributed by atoms with Crippen molar-refractivity contribution in [3.05, 3.63) is 35.1 Å². The summed E-state index contributed by atoms with van der Waals surface area (Å²) in [4.78, 5) is 14.6. The topological polar surface area (TPSA) is 64.8 Å². The molecule has 0 radical (unpaired) electrons. The van der Waals surface area contributed by atoms with E-state index < -0.39 is 0 Å². The molecule has 1 saturated carbocycles. The summed E-state index contributed by atoms with van der Waals surface area (Å²) < 4.78 is 24.2. The summed E-state index contributed by atoms with van der Waals surface area (Å²) in [7, 11) is 1.58. The molecule has 1 amide bonds. The van der Waals surface area contributed by atoms with Crippen molar-refractivity contribution in [1.82, 2.24) is 4.90 Å². The van der Waals surface area contributed by atoms with E-state index in [9.17, 15) is 9.18 Å². The average molecular weight is 373 g/mol.